The Morgan fingerprint density at radius 1 is 1.15 bits per heavy atom. The third kappa shape index (κ3) is 4.72. The van der Waals surface area contributed by atoms with E-state index in [1.807, 2.05) is 37.3 Å². The molecule has 4 rings (SSSR count). The first-order chi connectivity index (χ1) is 16.5. The molecular formula is C23H25Cl2N7O2. The van der Waals surface area contributed by atoms with Crippen LogP contribution in [0.5, 0.6) is 11.5 Å². The van der Waals surface area contributed by atoms with Crippen molar-refractivity contribution in [2.24, 2.45) is 12.0 Å². The van der Waals surface area contributed by atoms with E-state index < -0.39 is 0 Å². The first-order valence-corrected chi connectivity index (χ1v) is 11.3. The van der Waals surface area contributed by atoms with Crippen molar-refractivity contribution >= 4 is 40.5 Å². The highest BCUT2D eigenvalue weighted by Crippen LogP contribution is 2.46. The number of halogens is 2. The van der Waals surface area contributed by atoms with Crippen molar-refractivity contribution in [1.29, 1.82) is 0 Å². The fourth-order valence-corrected chi connectivity index (χ4v) is 4.14. The van der Waals surface area contributed by atoms with Crippen LogP contribution in [0.2, 0.25) is 10.0 Å². The van der Waals surface area contributed by atoms with Crippen molar-refractivity contribution in [2.75, 3.05) is 39.3 Å². The van der Waals surface area contributed by atoms with Crippen LogP contribution in [-0.2, 0) is 13.5 Å². The molecule has 0 saturated heterocycles. The van der Waals surface area contributed by atoms with E-state index in [2.05, 4.69) is 10.4 Å². The minimum absolute atomic E-state index is 0.294. The number of anilines is 1. The quantitative estimate of drug-likeness (QED) is 0.521. The first kappa shape index (κ1) is 24.0. The van der Waals surface area contributed by atoms with Crippen LogP contribution in [0.25, 0.3) is 11.3 Å². The number of nitrogens with zero attached hydrogens (tertiary/aromatic N) is 6. The van der Waals surface area contributed by atoms with Gasteiger partial charge in [-0.25, -0.2) is 9.98 Å². The number of aliphatic imine (C=N–C) groups is 1. The highest BCUT2D eigenvalue weighted by atomic mass is 35.5. The van der Waals surface area contributed by atoms with Crippen molar-refractivity contribution in [1.82, 2.24) is 25.1 Å². The van der Waals surface area contributed by atoms with E-state index in [0.29, 0.717) is 58.4 Å². The predicted octanol–water partition coefficient (Wildman–Crippen LogP) is 4.07. The normalized spacial score (nSPS) is 14.3. The monoisotopic (exact) mass is 501 g/mol. The van der Waals surface area contributed by atoms with Crippen LogP contribution in [0.4, 0.5) is 11.5 Å². The third-order valence-electron chi connectivity index (χ3n) is 5.30. The average molecular weight is 502 g/mol. The highest BCUT2D eigenvalue weighted by molar-refractivity contribution is 6.41. The molecule has 178 valence electrons. The number of hydrogen-bond acceptors (Lipinski definition) is 7. The topological polar surface area (TPSA) is 89.7 Å². The molecule has 1 aliphatic rings. The molecule has 1 aliphatic heterocycles. The van der Waals surface area contributed by atoms with E-state index in [9.17, 15) is 0 Å². The standard InChI is InChI=1S/C23H25Cl2N7O2/c1-26-8-9-32-19(30-22-20(24)17(33-3)10-18(34-4)21(22)25)7-5-6-15-23(32)29-16(12-27-15)14-11-28-31(2)13-14/h5,7,10-13,26H,6,8-9H2,1-4H3/b30-19+. The van der Waals surface area contributed by atoms with Crippen molar-refractivity contribution in [3.8, 4) is 22.8 Å². The maximum atomic E-state index is 6.60. The van der Waals surface area contributed by atoms with Crippen molar-refractivity contribution in [3.63, 3.8) is 0 Å². The first-order valence-electron chi connectivity index (χ1n) is 10.6. The number of aryl methyl sites for hydroxylation is 1. The molecular weight excluding hydrogens is 477 g/mol. The summed E-state index contributed by atoms with van der Waals surface area (Å²) in [5, 5.41) is 8.02. The van der Waals surface area contributed by atoms with Crippen LogP contribution in [0.1, 0.15) is 5.69 Å². The molecule has 1 N–H and O–H groups in total. The van der Waals surface area contributed by atoms with Gasteiger partial charge in [-0.2, -0.15) is 5.10 Å². The van der Waals surface area contributed by atoms with Crippen LogP contribution in [-0.4, -0.2) is 59.9 Å². The number of methoxy groups -OCH3 is 2. The molecule has 0 spiro atoms. The zero-order valence-electron chi connectivity index (χ0n) is 19.3. The lowest BCUT2D eigenvalue weighted by atomic mass is 10.2. The lowest BCUT2D eigenvalue weighted by Gasteiger charge is -2.25. The Bertz CT molecular complexity index is 1230. The maximum absolute atomic E-state index is 6.60. The minimum atomic E-state index is 0.294. The number of allylic oxidation sites excluding steroid dienone is 1. The number of ether oxygens (including phenoxy) is 2. The molecule has 9 nitrogen and oxygen atoms in total. The van der Waals surface area contributed by atoms with Crippen molar-refractivity contribution < 1.29 is 9.47 Å². The van der Waals surface area contributed by atoms with Crippen molar-refractivity contribution in [3.05, 3.63) is 52.5 Å². The second-order valence-electron chi connectivity index (χ2n) is 7.52. The Hall–Kier alpha value is -3.14. The molecule has 3 aromatic rings. The number of benzene rings is 1. The molecule has 0 unspecified atom stereocenters. The molecule has 11 heteroatoms. The summed E-state index contributed by atoms with van der Waals surface area (Å²) in [6.07, 6.45) is 9.95. The van der Waals surface area contributed by atoms with Gasteiger partial charge < -0.3 is 19.7 Å². The van der Waals surface area contributed by atoms with Crippen molar-refractivity contribution in [2.45, 2.75) is 6.42 Å². The molecule has 0 atom stereocenters. The fraction of sp³-hybridized carbons (Fsp3) is 0.304. The Morgan fingerprint density at radius 3 is 2.50 bits per heavy atom. The summed E-state index contributed by atoms with van der Waals surface area (Å²) in [5.41, 5.74) is 2.80. The van der Waals surface area contributed by atoms with Crippen LogP contribution < -0.4 is 19.7 Å². The number of aromatic nitrogens is 4. The zero-order valence-corrected chi connectivity index (χ0v) is 20.9. The van der Waals surface area contributed by atoms with Crippen LogP contribution in [0.15, 0.2) is 41.8 Å². The van der Waals surface area contributed by atoms with Gasteiger partial charge in [0.1, 0.15) is 33.1 Å². The average Bonchev–Trinajstić information content (AvgIpc) is 3.20. The zero-order chi connectivity index (χ0) is 24.2. The van der Waals surface area contributed by atoms with E-state index >= 15 is 0 Å². The minimum Gasteiger partial charge on any atom is -0.495 e. The summed E-state index contributed by atoms with van der Waals surface area (Å²) in [6, 6.07) is 1.64. The van der Waals surface area contributed by atoms with Gasteiger partial charge in [0.15, 0.2) is 5.82 Å². The maximum Gasteiger partial charge on any atom is 0.157 e. The lowest BCUT2D eigenvalue weighted by molar-refractivity contribution is 0.395. The highest BCUT2D eigenvalue weighted by Gasteiger charge is 2.24. The second kappa shape index (κ2) is 10.4. The second-order valence-corrected chi connectivity index (χ2v) is 8.27. The summed E-state index contributed by atoms with van der Waals surface area (Å²) in [6.45, 7) is 1.28. The largest absolute Gasteiger partial charge is 0.495 e. The number of rotatable bonds is 7. The van der Waals surface area contributed by atoms with Gasteiger partial charge >= 0.3 is 0 Å². The molecule has 0 fully saturated rings. The van der Waals surface area contributed by atoms with Crippen LogP contribution >= 0.6 is 23.2 Å². The Balaban J connectivity index is 1.87. The summed E-state index contributed by atoms with van der Waals surface area (Å²) in [7, 11) is 6.82. The summed E-state index contributed by atoms with van der Waals surface area (Å²) in [4.78, 5) is 16.5. The van der Waals surface area contributed by atoms with Gasteiger partial charge in [0.25, 0.3) is 0 Å². The SMILES string of the molecule is CNCCN1/C(=N/c2c(Cl)c(OC)cc(OC)c2Cl)C=CCc2ncc(-c3cnn(C)c3)nc21. The van der Waals surface area contributed by atoms with Gasteiger partial charge in [0, 0.05) is 44.4 Å². The number of amidine groups is 1. The van der Waals surface area contributed by atoms with Gasteiger partial charge in [-0.15, -0.1) is 0 Å². The fourth-order valence-electron chi connectivity index (χ4n) is 3.56. The van der Waals surface area contributed by atoms with Gasteiger partial charge in [0.05, 0.1) is 38.0 Å². The summed E-state index contributed by atoms with van der Waals surface area (Å²) in [5.74, 6) is 2.16. The van der Waals surface area contributed by atoms with Gasteiger partial charge in [-0.1, -0.05) is 29.3 Å². The molecule has 2 aromatic heterocycles. The molecule has 0 bridgehead atoms. The number of hydrogen-bond donors (Lipinski definition) is 1. The molecule has 0 amide bonds. The number of fused-ring (bicyclic) bond motifs is 1. The van der Waals surface area contributed by atoms with E-state index in [4.69, 9.17) is 47.6 Å². The summed E-state index contributed by atoms with van der Waals surface area (Å²) >= 11 is 13.2. The molecule has 34 heavy (non-hydrogen) atoms. The molecule has 0 saturated carbocycles. The van der Waals surface area contributed by atoms with Gasteiger partial charge in [-0.3, -0.25) is 9.67 Å². The molecule has 1 aromatic carbocycles. The number of nitrogens with one attached hydrogen (secondary N) is 1. The predicted molar refractivity (Wildman–Crippen MR) is 135 cm³/mol. The van der Waals surface area contributed by atoms with E-state index in [-0.39, 0.29) is 0 Å². The van der Waals surface area contributed by atoms with Crippen LogP contribution in [0.3, 0.4) is 0 Å². The van der Waals surface area contributed by atoms with Crippen LogP contribution in [0, 0.1) is 0 Å². The van der Waals surface area contributed by atoms with E-state index in [1.165, 1.54) is 14.2 Å². The summed E-state index contributed by atoms with van der Waals surface area (Å²) < 4.78 is 12.5. The lowest BCUT2D eigenvalue weighted by Crippen LogP contribution is -2.36. The van der Waals surface area contributed by atoms with E-state index in [1.54, 1.807) is 23.1 Å². The molecule has 3 heterocycles. The smallest absolute Gasteiger partial charge is 0.157 e. The Labute approximate surface area is 208 Å². The molecule has 0 aliphatic carbocycles. The van der Waals surface area contributed by atoms with Gasteiger partial charge in [0.2, 0.25) is 0 Å². The van der Waals surface area contributed by atoms with E-state index in [0.717, 1.165) is 17.0 Å². The number of likely N-dealkylation sites (N-methyl/N-ethyl adjacent to an activating group) is 1. The third-order valence-corrected chi connectivity index (χ3v) is 6.03. The van der Waals surface area contributed by atoms with Gasteiger partial charge in [-0.05, 0) is 13.1 Å². The Morgan fingerprint density at radius 2 is 1.88 bits per heavy atom. The molecule has 0 radical (unpaired) electrons. The Kier molecular flexibility index (Phi) is 7.35.